The second-order valence-electron chi connectivity index (χ2n) is 6.01. The number of terminal acetylenes is 1. The molecule has 1 saturated heterocycles. The molecule has 1 heterocycles. The molecular weight excluding hydrogens is 298 g/mol. The van der Waals surface area contributed by atoms with Gasteiger partial charge in [0, 0.05) is 12.1 Å². The standard InChI is InChI=1S/C21H21NO2/c1-2-17-11-13-19(14-12-17)20-10-6-7-15-22(20)21(23)24-16-18-8-4-3-5-9-18/h1,3-5,8-9,11-14,20H,6-7,10,15-16H2. The lowest BCUT2D eigenvalue weighted by Crippen LogP contribution is -2.38. The van der Waals surface area contributed by atoms with Gasteiger partial charge >= 0.3 is 6.09 Å². The van der Waals surface area contributed by atoms with Gasteiger partial charge in [-0.25, -0.2) is 4.79 Å². The highest BCUT2D eigenvalue weighted by molar-refractivity contribution is 5.68. The van der Waals surface area contributed by atoms with Gasteiger partial charge in [0.2, 0.25) is 0 Å². The van der Waals surface area contributed by atoms with E-state index in [0.29, 0.717) is 6.61 Å². The first-order valence-corrected chi connectivity index (χ1v) is 8.32. The second kappa shape index (κ2) is 7.70. The summed E-state index contributed by atoms with van der Waals surface area (Å²) in [5.41, 5.74) is 2.97. The number of carbonyl (C=O) groups excluding carboxylic acids is 1. The highest BCUT2D eigenvalue weighted by Gasteiger charge is 2.29. The van der Waals surface area contributed by atoms with Crippen LogP contribution in [0.25, 0.3) is 0 Å². The van der Waals surface area contributed by atoms with Crippen molar-refractivity contribution in [1.29, 1.82) is 0 Å². The largest absolute Gasteiger partial charge is 0.445 e. The monoisotopic (exact) mass is 319 g/mol. The fraction of sp³-hybridized carbons (Fsp3) is 0.286. The van der Waals surface area contributed by atoms with Crippen molar-refractivity contribution in [2.75, 3.05) is 6.54 Å². The summed E-state index contributed by atoms with van der Waals surface area (Å²) < 4.78 is 5.52. The molecule has 0 radical (unpaired) electrons. The first kappa shape index (κ1) is 16.1. The van der Waals surface area contributed by atoms with Crippen molar-refractivity contribution in [2.24, 2.45) is 0 Å². The molecule has 1 unspecified atom stereocenters. The van der Waals surface area contributed by atoms with Gasteiger partial charge in [0.15, 0.2) is 0 Å². The number of amides is 1. The van der Waals surface area contributed by atoms with E-state index in [1.54, 1.807) is 0 Å². The van der Waals surface area contributed by atoms with Crippen LogP contribution in [0.1, 0.15) is 42.0 Å². The molecule has 1 aliphatic rings. The summed E-state index contributed by atoms with van der Waals surface area (Å²) in [6.07, 6.45) is 8.25. The molecule has 1 aliphatic heterocycles. The van der Waals surface area contributed by atoms with Crippen LogP contribution in [-0.4, -0.2) is 17.5 Å². The van der Waals surface area contributed by atoms with Crippen LogP contribution in [0, 0.1) is 12.3 Å². The van der Waals surface area contributed by atoms with Gasteiger partial charge in [-0.1, -0.05) is 48.4 Å². The fourth-order valence-electron chi connectivity index (χ4n) is 3.10. The zero-order chi connectivity index (χ0) is 16.8. The molecule has 0 N–H and O–H groups in total. The van der Waals surface area contributed by atoms with Crippen LogP contribution < -0.4 is 0 Å². The van der Waals surface area contributed by atoms with E-state index in [2.05, 4.69) is 5.92 Å². The number of piperidine rings is 1. The van der Waals surface area contributed by atoms with Crippen LogP contribution in [0.15, 0.2) is 54.6 Å². The molecule has 0 saturated carbocycles. The quantitative estimate of drug-likeness (QED) is 0.778. The van der Waals surface area contributed by atoms with Crippen LogP contribution in [0.5, 0.6) is 0 Å². The number of rotatable bonds is 3. The lowest BCUT2D eigenvalue weighted by Gasteiger charge is -2.35. The molecule has 0 spiro atoms. The molecule has 1 atom stereocenters. The Labute approximate surface area is 143 Å². The van der Waals surface area contributed by atoms with Gasteiger partial charge in [0.25, 0.3) is 0 Å². The zero-order valence-electron chi connectivity index (χ0n) is 13.7. The number of nitrogens with zero attached hydrogens (tertiary/aromatic N) is 1. The Hall–Kier alpha value is -2.73. The van der Waals surface area contributed by atoms with E-state index in [4.69, 9.17) is 11.2 Å². The molecule has 0 aliphatic carbocycles. The topological polar surface area (TPSA) is 29.5 Å². The molecule has 2 aromatic carbocycles. The number of hydrogen-bond donors (Lipinski definition) is 0. The first-order valence-electron chi connectivity index (χ1n) is 8.32. The number of carbonyl (C=O) groups is 1. The molecule has 3 nitrogen and oxygen atoms in total. The average molecular weight is 319 g/mol. The van der Waals surface area contributed by atoms with E-state index < -0.39 is 0 Å². The van der Waals surface area contributed by atoms with Gasteiger partial charge in [0.05, 0.1) is 6.04 Å². The molecule has 2 aromatic rings. The summed E-state index contributed by atoms with van der Waals surface area (Å²) in [7, 11) is 0. The Balaban J connectivity index is 1.69. The van der Waals surface area contributed by atoms with E-state index in [-0.39, 0.29) is 12.1 Å². The first-order chi connectivity index (χ1) is 11.8. The van der Waals surface area contributed by atoms with Gasteiger partial charge in [-0.3, -0.25) is 0 Å². The van der Waals surface area contributed by atoms with E-state index >= 15 is 0 Å². The third-order valence-corrected chi connectivity index (χ3v) is 4.40. The van der Waals surface area contributed by atoms with E-state index in [1.165, 1.54) is 0 Å². The molecule has 122 valence electrons. The maximum Gasteiger partial charge on any atom is 0.410 e. The summed E-state index contributed by atoms with van der Waals surface area (Å²) in [6, 6.07) is 17.7. The van der Waals surface area contributed by atoms with Gasteiger partial charge in [0.1, 0.15) is 6.61 Å². The highest BCUT2D eigenvalue weighted by atomic mass is 16.6. The Morgan fingerprint density at radius 1 is 1.12 bits per heavy atom. The Kier molecular flexibility index (Phi) is 5.18. The van der Waals surface area contributed by atoms with E-state index in [1.807, 2.05) is 59.5 Å². The van der Waals surface area contributed by atoms with Crippen molar-refractivity contribution in [2.45, 2.75) is 31.9 Å². The van der Waals surface area contributed by atoms with Crippen molar-refractivity contribution in [1.82, 2.24) is 4.90 Å². The van der Waals surface area contributed by atoms with Crippen LogP contribution >= 0.6 is 0 Å². The van der Waals surface area contributed by atoms with Gasteiger partial charge in [-0.15, -0.1) is 6.42 Å². The second-order valence-corrected chi connectivity index (χ2v) is 6.01. The minimum Gasteiger partial charge on any atom is -0.445 e. The molecular formula is C21H21NO2. The summed E-state index contributed by atoms with van der Waals surface area (Å²) >= 11 is 0. The third-order valence-electron chi connectivity index (χ3n) is 4.40. The molecule has 0 aromatic heterocycles. The minimum atomic E-state index is -0.246. The maximum atomic E-state index is 12.5. The van der Waals surface area contributed by atoms with Gasteiger partial charge in [-0.2, -0.15) is 0 Å². The molecule has 3 heteroatoms. The van der Waals surface area contributed by atoms with E-state index in [9.17, 15) is 4.79 Å². The highest BCUT2D eigenvalue weighted by Crippen LogP contribution is 2.31. The third kappa shape index (κ3) is 3.78. The van der Waals surface area contributed by atoms with E-state index in [0.717, 1.165) is 42.5 Å². The molecule has 1 fully saturated rings. The Morgan fingerprint density at radius 2 is 1.88 bits per heavy atom. The number of benzene rings is 2. The van der Waals surface area contributed by atoms with Gasteiger partial charge in [-0.05, 0) is 42.5 Å². The Bertz CT molecular complexity index is 716. The van der Waals surface area contributed by atoms with Crippen LogP contribution in [0.2, 0.25) is 0 Å². The van der Waals surface area contributed by atoms with Crippen molar-refractivity contribution in [3.63, 3.8) is 0 Å². The van der Waals surface area contributed by atoms with Crippen molar-refractivity contribution >= 4 is 6.09 Å². The molecule has 1 amide bonds. The fourth-order valence-corrected chi connectivity index (χ4v) is 3.10. The normalized spacial score (nSPS) is 17.1. The summed E-state index contributed by atoms with van der Waals surface area (Å²) in [6.45, 7) is 1.04. The molecule has 0 bridgehead atoms. The van der Waals surface area contributed by atoms with Crippen molar-refractivity contribution in [3.8, 4) is 12.3 Å². The molecule has 3 rings (SSSR count). The van der Waals surface area contributed by atoms with Crippen molar-refractivity contribution < 1.29 is 9.53 Å². The van der Waals surface area contributed by atoms with Gasteiger partial charge < -0.3 is 9.64 Å². The summed E-state index contributed by atoms with van der Waals surface area (Å²) in [4.78, 5) is 14.4. The van der Waals surface area contributed by atoms with Crippen molar-refractivity contribution in [3.05, 3.63) is 71.3 Å². The molecule has 24 heavy (non-hydrogen) atoms. The smallest absolute Gasteiger partial charge is 0.410 e. The Morgan fingerprint density at radius 3 is 2.58 bits per heavy atom. The predicted octanol–water partition coefficient (Wildman–Crippen LogP) is 4.53. The number of ether oxygens (including phenoxy) is 1. The lowest BCUT2D eigenvalue weighted by molar-refractivity contribution is 0.0679. The SMILES string of the molecule is C#Cc1ccc(C2CCCCN2C(=O)OCc2ccccc2)cc1. The van der Waals surface area contributed by atoms with Crippen LogP contribution in [-0.2, 0) is 11.3 Å². The minimum absolute atomic E-state index is 0.0637. The maximum absolute atomic E-state index is 12.5. The lowest BCUT2D eigenvalue weighted by atomic mass is 9.95. The average Bonchev–Trinajstić information content (AvgIpc) is 2.67. The zero-order valence-corrected chi connectivity index (χ0v) is 13.7. The summed E-state index contributed by atoms with van der Waals surface area (Å²) in [5, 5.41) is 0. The van der Waals surface area contributed by atoms with Crippen LogP contribution in [0.3, 0.4) is 0 Å². The summed E-state index contributed by atoms with van der Waals surface area (Å²) in [5.74, 6) is 2.62. The number of hydrogen-bond acceptors (Lipinski definition) is 2. The number of likely N-dealkylation sites (tertiary alicyclic amines) is 1. The van der Waals surface area contributed by atoms with Crippen LogP contribution in [0.4, 0.5) is 4.79 Å². The predicted molar refractivity (Wildman–Crippen MR) is 94.3 cm³/mol.